The summed E-state index contributed by atoms with van der Waals surface area (Å²) in [5.74, 6) is -0.144. The molecule has 0 aliphatic carbocycles. The van der Waals surface area contributed by atoms with Crippen molar-refractivity contribution in [1.82, 2.24) is 16.0 Å². The molecule has 0 bridgehead atoms. The van der Waals surface area contributed by atoms with Crippen LogP contribution in [0.1, 0.15) is 39.5 Å². The highest BCUT2D eigenvalue weighted by Crippen LogP contribution is 2.22. The monoisotopic (exact) mass is 285 g/mol. The third-order valence-electron chi connectivity index (χ3n) is 3.87. The zero-order valence-corrected chi connectivity index (χ0v) is 12.8. The van der Waals surface area contributed by atoms with Crippen LogP contribution in [0.2, 0.25) is 0 Å². The first-order chi connectivity index (χ1) is 9.54. The van der Waals surface area contributed by atoms with Crippen LogP contribution in [0.3, 0.4) is 0 Å². The lowest BCUT2D eigenvalue weighted by molar-refractivity contribution is -0.146. The summed E-state index contributed by atoms with van der Waals surface area (Å²) in [5, 5.41) is 8.90. The third-order valence-corrected chi connectivity index (χ3v) is 3.87. The number of methoxy groups -OCH3 is 1. The molecule has 0 aromatic rings. The summed E-state index contributed by atoms with van der Waals surface area (Å²) in [6, 6.07) is 0.174. The molecule has 0 aromatic carbocycles. The van der Waals surface area contributed by atoms with Gasteiger partial charge in [0.15, 0.2) is 0 Å². The van der Waals surface area contributed by atoms with Gasteiger partial charge in [-0.1, -0.05) is 6.92 Å². The summed E-state index contributed by atoms with van der Waals surface area (Å²) in [4.78, 5) is 23.8. The average Bonchev–Trinajstić information content (AvgIpc) is 2.47. The molecule has 116 valence electrons. The standard InChI is InChI=1S/C14H27N3O3/c1-4-11(2)17-12(18)5-8-16-13(19)14(20-3)6-9-15-10-7-14/h11,15H,4-10H2,1-3H3,(H,16,19)(H,17,18). The van der Waals surface area contributed by atoms with E-state index in [2.05, 4.69) is 16.0 Å². The highest BCUT2D eigenvalue weighted by molar-refractivity contribution is 5.86. The van der Waals surface area contributed by atoms with E-state index in [1.54, 1.807) is 7.11 Å². The Balaban J connectivity index is 2.33. The van der Waals surface area contributed by atoms with Gasteiger partial charge in [0.2, 0.25) is 5.91 Å². The van der Waals surface area contributed by atoms with Crippen LogP contribution in [0.25, 0.3) is 0 Å². The quantitative estimate of drug-likeness (QED) is 0.623. The Hall–Kier alpha value is -1.14. The topological polar surface area (TPSA) is 79.5 Å². The van der Waals surface area contributed by atoms with Gasteiger partial charge in [-0.2, -0.15) is 0 Å². The van der Waals surface area contributed by atoms with Crippen molar-refractivity contribution in [2.75, 3.05) is 26.7 Å². The van der Waals surface area contributed by atoms with Crippen molar-refractivity contribution >= 4 is 11.8 Å². The van der Waals surface area contributed by atoms with Crippen molar-refractivity contribution in [2.24, 2.45) is 0 Å². The van der Waals surface area contributed by atoms with Gasteiger partial charge in [-0.05, 0) is 39.3 Å². The number of carbonyl (C=O) groups is 2. The van der Waals surface area contributed by atoms with Crippen LogP contribution in [0.4, 0.5) is 0 Å². The van der Waals surface area contributed by atoms with Gasteiger partial charge in [-0.25, -0.2) is 0 Å². The molecular formula is C14H27N3O3. The molecule has 0 spiro atoms. The van der Waals surface area contributed by atoms with Crippen molar-refractivity contribution in [3.05, 3.63) is 0 Å². The van der Waals surface area contributed by atoms with Crippen molar-refractivity contribution in [3.63, 3.8) is 0 Å². The minimum absolute atomic E-state index is 0.0311. The molecule has 1 aliphatic heterocycles. The van der Waals surface area contributed by atoms with E-state index in [1.807, 2.05) is 13.8 Å². The summed E-state index contributed by atoms with van der Waals surface area (Å²) in [6.07, 6.45) is 2.52. The molecule has 1 rings (SSSR count). The van der Waals surface area contributed by atoms with Gasteiger partial charge >= 0.3 is 0 Å². The maximum atomic E-state index is 12.2. The number of ether oxygens (including phenoxy) is 1. The highest BCUT2D eigenvalue weighted by atomic mass is 16.5. The lowest BCUT2D eigenvalue weighted by Gasteiger charge is -2.34. The minimum Gasteiger partial charge on any atom is -0.368 e. The van der Waals surface area contributed by atoms with E-state index < -0.39 is 5.60 Å². The maximum absolute atomic E-state index is 12.2. The number of rotatable bonds is 7. The van der Waals surface area contributed by atoms with Crippen LogP contribution in [0.15, 0.2) is 0 Å². The van der Waals surface area contributed by atoms with E-state index in [4.69, 9.17) is 4.74 Å². The van der Waals surface area contributed by atoms with Crippen LogP contribution >= 0.6 is 0 Å². The smallest absolute Gasteiger partial charge is 0.252 e. The van der Waals surface area contributed by atoms with Crippen molar-refractivity contribution in [2.45, 2.75) is 51.2 Å². The highest BCUT2D eigenvalue weighted by Gasteiger charge is 2.39. The fraction of sp³-hybridized carbons (Fsp3) is 0.857. The maximum Gasteiger partial charge on any atom is 0.252 e. The van der Waals surface area contributed by atoms with E-state index in [0.717, 1.165) is 19.5 Å². The van der Waals surface area contributed by atoms with E-state index in [1.165, 1.54) is 0 Å². The minimum atomic E-state index is -0.738. The fourth-order valence-corrected chi connectivity index (χ4v) is 2.25. The molecule has 1 saturated heterocycles. The van der Waals surface area contributed by atoms with Crippen LogP contribution in [0, 0.1) is 0 Å². The van der Waals surface area contributed by atoms with Gasteiger partial charge in [0.25, 0.3) is 5.91 Å². The van der Waals surface area contributed by atoms with E-state index in [9.17, 15) is 9.59 Å². The van der Waals surface area contributed by atoms with Crippen molar-refractivity contribution in [3.8, 4) is 0 Å². The Bertz CT molecular complexity index is 328. The van der Waals surface area contributed by atoms with Crippen LogP contribution in [0.5, 0.6) is 0 Å². The second-order valence-electron chi connectivity index (χ2n) is 5.33. The van der Waals surface area contributed by atoms with Gasteiger partial charge in [0, 0.05) is 26.1 Å². The molecule has 0 saturated carbocycles. The molecule has 0 aromatic heterocycles. The number of hydrogen-bond donors (Lipinski definition) is 3. The molecule has 3 N–H and O–H groups in total. The SMILES string of the molecule is CCC(C)NC(=O)CCNC(=O)C1(OC)CCNCC1. The van der Waals surface area contributed by atoms with Gasteiger partial charge in [0.05, 0.1) is 0 Å². The molecule has 1 atom stereocenters. The first-order valence-electron chi connectivity index (χ1n) is 7.37. The molecule has 1 heterocycles. The normalized spacial score (nSPS) is 19.1. The zero-order valence-electron chi connectivity index (χ0n) is 12.8. The molecule has 1 unspecified atom stereocenters. The summed E-state index contributed by atoms with van der Waals surface area (Å²) < 4.78 is 5.43. The predicted octanol–water partition coefficient (Wildman–Crippen LogP) is 0.176. The van der Waals surface area contributed by atoms with E-state index in [0.29, 0.717) is 25.8 Å². The number of amides is 2. The Kier molecular flexibility index (Phi) is 6.95. The molecule has 20 heavy (non-hydrogen) atoms. The Morgan fingerprint density at radius 1 is 1.35 bits per heavy atom. The first kappa shape index (κ1) is 16.9. The first-order valence-corrected chi connectivity index (χ1v) is 7.37. The van der Waals surface area contributed by atoms with Crippen molar-refractivity contribution in [1.29, 1.82) is 0 Å². The second kappa shape index (κ2) is 8.21. The molecular weight excluding hydrogens is 258 g/mol. The predicted molar refractivity (Wildman–Crippen MR) is 77.4 cm³/mol. The van der Waals surface area contributed by atoms with Crippen LogP contribution in [-0.2, 0) is 14.3 Å². The van der Waals surface area contributed by atoms with Gasteiger partial charge in [-0.15, -0.1) is 0 Å². The molecule has 6 heteroatoms. The Morgan fingerprint density at radius 3 is 2.55 bits per heavy atom. The number of carbonyl (C=O) groups excluding carboxylic acids is 2. The summed E-state index contributed by atoms with van der Waals surface area (Å²) >= 11 is 0. The Labute approximate surface area is 121 Å². The van der Waals surface area contributed by atoms with Crippen LogP contribution in [-0.4, -0.2) is 50.2 Å². The molecule has 0 radical (unpaired) electrons. The van der Waals surface area contributed by atoms with E-state index in [-0.39, 0.29) is 17.9 Å². The summed E-state index contributed by atoms with van der Waals surface area (Å²) in [6.45, 7) is 5.88. The third kappa shape index (κ3) is 4.76. The molecule has 1 fully saturated rings. The number of hydrogen-bond acceptors (Lipinski definition) is 4. The molecule has 2 amide bonds. The van der Waals surface area contributed by atoms with Crippen LogP contribution < -0.4 is 16.0 Å². The van der Waals surface area contributed by atoms with Gasteiger partial charge in [0.1, 0.15) is 5.60 Å². The summed E-state index contributed by atoms with van der Waals surface area (Å²) in [5.41, 5.74) is -0.738. The van der Waals surface area contributed by atoms with Gasteiger partial charge in [-0.3, -0.25) is 9.59 Å². The van der Waals surface area contributed by atoms with E-state index >= 15 is 0 Å². The largest absolute Gasteiger partial charge is 0.368 e. The van der Waals surface area contributed by atoms with Gasteiger partial charge < -0.3 is 20.7 Å². The number of nitrogens with one attached hydrogen (secondary N) is 3. The Morgan fingerprint density at radius 2 is 2.00 bits per heavy atom. The second-order valence-corrected chi connectivity index (χ2v) is 5.33. The van der Waals surface area contributed by atoms with Crippen molar-refractivity contribution < 1.29 is 14.3 Å². The fourth-order valence-electron chi connectivity index (χ4n) is 2.25. The molecule has 1 aliphatic rings. The zero-order chi connectivity index (χ0) is 15.0. The number of piperidine rings is 1. The molecule has 6 nitrogen and oxygen atoms in total. The average molecular weight is 285 g/mol. The summed E-state index contributed by atoms with van der Waals surface area (Å²) in [7, 11) is 1.57. The lowest BCUT2D eigenvalue weighted by atomic mass is 9.91. The lowest BCUT2D eigenvalue weighted by Crippen LogP contribution is -2.54.